The number of unbranched alkanes of at least 4 members (excludes halogenated alkanes) is 1. The Kier molecular flexibility index (Phi) is 6.10. The summed E-state index contributed by atoms with van der Waals surface area (Å²) in [5.41, 5.74) is 12.8. The molecule has 0 amide bonds. The van der Waals surface area contributed by atoms with Crippen molar-refractivity contribution in [2.45, 2.75) is 56.7 Å². The lowest BCUT2D eigenvalue weighted by atomic mass is 9.78. The molecule has 0 spiro atoms. The summed E-state index contributed by atoms with van der Waals surface area (Å²) in [6, 6.07) is 7.17. The number of ketones is 1. The second-order valence-corrected chi connectivity index (χ2v) is 7.35. The molecule has 0 radical (unpaired) electrons. The van der Waals surface area contributed by atoms with Gasteiger partial charge < -0.3 is 16.2 Å². The number of ether oxygens (including phenoxy) is 1. The summed E-state index contributed by atoms with van der Waals surface area (Å²) >= 11 is 6.29. The van der Waals surface area contributed by atoms with E-state index in [0.29, 0.717) is 12.4 Å². The fraction of sp³-hybridized carbons (Fsp3) is 0.579. The first-order valence-electron chi connectivity index (χ1n) is 9.07. The van der Waals surface area contributed by atoms with Crippen molar-refractivity contribution in [1.82, 2.24) is 0 Å². The molecule has 1 aromatic carbocycles. The average Bonchev–Trinajstić information content (AvgIpc) is 2.59. The number of halogens is 1. The van der Waals surface area contributed by atoms with E-state index in [0.717, 1.165) is 49.1 Å². The van der Waals surface area contributed by atoms with Crippen LogP contribution in [-0.2, 0) is 16.0 Å². The van der Waals surface area contributed by atoms with E-state index in [1.807, 2.05) is 24.3 Å². The van der Waals surface area contributed by atoms with E-state index in [1.54, 1.807) is 0 Å². The Bertz CT molecular complexity index is 649. The van der Waals surface area contributed by atoms with Crippen molar-refractivity contribution in [3.05, 3.63) is 34.9 Å². The maximum atomic E-state index is 12.6. The molecule has 1 heterocycles. The molecule has 1 fully saturated rings. The Morgan fingerprint density at radius 2 is 2.08 bits per heavy atom. The zero-order valence-electron chi connectivity index (χ0n) is 14.4. The minimum Gasteiger partial charge on any atom is -0.468 e. The molecule has 1 aliphatic carbocycles. The second-order valence-electron chi connectivity index (χ2n) is 6.94. The van der Waals surface area contributed by atoms with Crippen molar-refractivity contribution in [1.29, 1.82) is 0 Å². The highest BCUT2D eigenvalue weighted by molar-refractivity contribution is 6.31. The number of hydrogen-bond donors (Lipinski definition) is 2. The molecule has 136 valence electrons. The first-order valence-corrected chi connectivity index (χ1v) is 9.45. The molecule has 5 nitrogen and oxygen atoms in total. The molecule has 3 unspecified atom stereocenters. The van der Waals surface area contributed by atoms with Gasteiger partial charge in [-0.1, -0.05) is 36.2 Å². The predicted molar refractivity (Wildman–Crippen MR) is 99.9 cm³/mol. The third-order valence-electron chi connectivity index (χ3n) is 5.11. The Hall–Kier alpha value is -1.43. The van der Waals surface area contributed by atoms with Crippen LogP contribution in [0.2, 0.25) is 5.02 Å². The number of Topliss-reactive ketones (excluding diaryl/α,β-unsaturated/α-hetero) is 1. The van der Waals surface area contributed by atoms with Gasteiger partial charge in [0.15, 0.2) is 11.9 Å². The van der Waals surface area contributed by atoms with Gasteiger partial charge in [0.1, 0.15) is 6.04 Å². The van der Waals surface area contributed by atoms with Gasteiger partial charge in [-0.3, -0.25) is 4.79 Å². The standard InChI is InChI=1S/C19H26ClN3O2/c20-14-6-2-1-5-12(14)11-13-8-9-16-18(24)17(13)23-19(25-16)15(22)7-3-4-10-21/h1-2,5-6,13,15-17H,3-4,7-11,21-22H2/t13?,15-,16?,17?/m0/s1. The molecule has 1 saturated carbocycles. The lowest BCUT2D eigenvalue weighted by Gasteiger charge is -2.38. The Labute approximate surface area is 153 Å². The van der Waals surface area contributed by atoms with E-state index in [4.69, 9.17) is 27.8 Å². The summed E-state index contributed by atoms with van der Waals surface area (Å²) in [6.07, 6.45) is 4.64. The number of fused-ring (bicyclic) bond motifs is 2. The zero-order valence-corrected chi connectivity index (χ0v) is 15.1. The van der Waals surface area contributed by atoms with Crippen LogP contribution in [0.15, 0.2) is 29.3 Å². The van der Waals surface area contributed by atoms with Gasteiger partial charge in [-0.25, -0.2) is 4.99 Å². The number of nitrogens with two attached hydrogens (primary N) is 2. The Balaban J connectivity index is 1.74. The molecule has 3 rings (SSSR count). The van der Waals surface area contributed by atoms with Crippen LogP contribution in [0.4, 0.5) is 0 Å². The van der Waals surface area contributed by atoms with Crippen LogP contribution >= 0.6 is 11.6 Å². The number of rotatable bonds is 7. The van der Waals surface area contributed by atoms with Crippen LogP contribution in [0.5, 0.6) is 0 Å². The van der Waals surface area contributed by atoms with Crippen molar-refractivity contribution in [3.8, 4) is 0 Å². The van der Waals surface area contributed by atoms with Gasteiger partial charge in [0.05, 0.1) is 6.04 Å². The molecular formula is C19H26ClN3O2. The van der Waals surface area contributed by atoms with E-state index in [9.17, 15) is 4.79 Å². The van der Waals surface area contributed by atoms with Gasteiger partial charge in [0, 0.05) is 5.02 Å². The third-order valence-corrected chi connectivity index (χ3v) is 5.48. The fourth-order valence-corrected chi connectivity index (χ4v) is 3.88. The molecule has 2 aliphatic rings. The summed E-state index contributed by atoms with van der Waals surface area (Å²) in [5.74, 6) is 0.774. The summed E-state index contributed by atoms with van der Waals surface area (Å²) < 4.78 is 5.80. The SMILES string of the molecule is NCCCC[C@H](N)C1=NC2C(=O)C(CCC2Cc2ccccc2Cl)O1. The maximum Gasteiger partial charge on any atom is 0.202 e. The van der Waals surface area contributed by atoms with Gasteiger partial charge in [-0.05, 0) is 56.2 Å². The number of benzene rings is 1. The first-order chi connectivity index (χ1) is 12.1. The number of carbonyl (C=O) groups is 1. The van der Waals surface area contributed by atoms with Gasteiger partial charge >= 0.3 is 0 Å². The summed E-state index contributed by atoms with van der Waals surface area (Å²) in [6.45, 7) is 0.656. The predicted octanol–water partition coefficient (Wildman–Crippen LogP) is 2.48. The van der Waals surface area contributed by atoms with E-state index < -0.39 is 0 Å². The molecule has 25 heavy (non-hydrogen) atoms. The van der Waals surface area contributed by atoms with Gasteiger partial charge in [-0.15, -0.1) is 0 Å². The Morgan fingerprint density at radius 1 is 1.28 bits per heavy atom. The van der Waals surface area contributed by atoms with Gasteiger partial charge in [0.2, 0.25) is 5.90 Å². The van der Waals surface area contributed by atoms with Crippen LogP contribution < -0.4 is 11.5 Å². The molecule has 1 aromatic rings. The summed E-state index contributed by atoms with van der Waals surface area (Å²) in [7, 11) is 0. The van der Waals surface area contributed by atoms with Crippen molar-refractivity contribution >= 4 is 23.3 Å². The van der Waals surface area contributed by atoms with E-state index >= 15 is 0 Å². The van der Waals surface area contributed by atoms with Crippen LogP contribution in [0.25, 0.3) is 0 Å². The smallest absolute Gasteiger partial charge is 0.202 e. The molecule has 1 aliphatic heterocycles. The highest BCUT2D eigenvalue weighted by Gasteiger charge is 2.43. The van der Waals surface area contributed by atoms with Gasteiger partial charge in [0.25, 0.3) is 0 Å². The largest absolute Gasteiger partial charge is 0.468 e. The van der Waals surface area contributed by atoms with Crippen LogP contribution in [0, 0.1) is 5.92 Å². The lowest BCUT2D eigenvalue weighted by molar-refractivity contribution is -0.133. The molecule has 0 aromatic heterocycles. The average molecular weight is 364 g/mol. The normalized spacial score (nSPS) is 26.8. The topological polar surface area (TPSA) is 90.7 Å². The Morgan fingerprint density at radius 3 is 2.84 bits per heavy atom. The van der Waals surface area contributed by atoms with Crippen molar-refractivity contribution in [3.63, 3.8) is 0 Å². The molecule has 6 heteroatoms. The first kappa shape index (κ1) is 18.4. The summed E-state index contributed by atoms with van der Waals surface area (Å²) in [5, 5.41) is 0.742. The minimum atomic E-state index is -0.388. The summed E-state index contributed by atoms with van der Waals surface area (Å²) in [4.78, 5) is 17.2. The van der Waals surface area contributed by atoms with Crippen LogP contribution in [0.3, 0.4) is 0 Å². The fourth-order valence-electron chi connectivity index (χ4n) is 3.66. The molecule has 0 saturated heterocycles. The minimum absolute atomic E-state index is 0.0845. The number of nitrogens with zero attached hydrogens (tertiary/aromatic N) is 1. The van der Waals surface area contributed by atoms with E-state index in [-0.39, 0.29) is 29.9 Å². The van der Waals surface area contributed by atoms with Gasteiger partial charge in [-0.2, -0.15) is 0 Å². The number of hydrogen-bond acceptors (Lipinski definition) is 5. The highest BCUT2D eigenvalue weighted by atomic mass is 35.5. The quantitative estimate of drug-likeness (QED) is 0.728. The molecule has 2 bridgehead atoms. The van der Waals surface area contributed by atoms with Crippen molar-refractivity contribution in [2.75, 3.05) is 6.54 Å². The van der Waals surface area contributed by atoms with Crippen molar-refractivity contribution in [2.24, 2.45) is 22.4 Å². The van der Waals surface area contributed by atoms with E-state index in [1.165, 1.54) is 0 Å². The lowest BCUT2D eigenvalue weighted by Crippen LogP contribution is -2.51. The number of carbonyl (C=O) groups excluding carboxylic acids is 1. The highest BCUT2D eigenvalue weighted by Crippen LogP contribution is 2.34. The molecule has 4 N–H and O–H groups in total. The monoisotopic (exact) mass is 363 g/mol. The third kappa shape index (κ3) is 4.22. The van der Waals surface area contributed by atoms with Crippen LogP contribution in [-0.4, -0.2) is 36.4 Å². The molecule has 4 atom stereocenters. The molecular weight excluding hydrogens is 338 g/mol. The number of aliphatic imine (C=N–C) groups is 1. The zero-order chi connectivity index (χ0) is 17.8. The second kappa shape index (κ2) is 8.30. The maximum absolute atomic E-state index is 12.6. The van der Waals surface area contributed by atoms with E-state index in [2.05, 4.69) is 4.99 Å². The van der Waals surface area contributed by atoms with Crippen LogP contribution in [0.1, 0.15) is 37.7 Å². The van der Waals surface area contributed by atoms with Crippen molar-refractivity contribution < 1.29 is 9.53 Å².